The predicted molar refractivity (Wildman–Crippen MR) is 42.1 cm³/mol. The van der Waals surface area contributed by atoms with Gasteiger partial charge >= 0.3 is 0 Å². The summed E-state index contributed by atoms with van der Waals surface area (Å²) in [6, 6.07) is 0. The molecule has 0 amide bonds. The van der Waals surface area contributed by atoms with Gasteiger partial charge in [0.15, 0.2) is 0 Å². The van der Waals surface area contributed by atoms with E-state index in [1.54, 1.807) is 6.92 Å². The lowest BCUT2D eigenvalue weighted by atomic mass is 9.69. The highest BCUT2D eigenvalue weighted by molar-refractivity contribution is 4.95. The van der Waals surface area contributed by atoms with E-state index >= 15 is 0 Å². The minimum absolute atomic E-state index is 0.0845. The molecule has 13 heavy (non-hydrogen) atoms. The lowest BCUT2D eigenvalue weighted by Gasteiger charge is -2.42. The average molecular weight is 198 g/mol. The molecule has 1 saturated carbocycles. The summed E-state index contributed by atoms with van der Waals surface area (Å²) in [5.74, 6) is -3.37. The average Bonchev–Trinajstić information content (AvgIpc) is 1.96. The van der Waals surface area contributed by atoms with E-state index in [9.17, 15) is 17.6 Å². The Kier molecular flexibility index (Phi) is 2.61. The van der Waals surface area contributed by atoms with Crippen LogP contribution in [0.4, 0.5) is 17.6 Å². The Bertz CT molecular complexity index is 190. The molecule has 1 aliphatic carbocycles. The van der Waals surface area contributed by atoms with Crippen molar-refractivity contribution in [2.75, 3.05) is 0 Å². The van der Waals surface area contributed by atoms with E-state index in [4.69, 9.17) is 0 Å². The molecule has 0 N–H and O–H groups in total. The van der Waals surface area contributed by atoms with E-state index in [1.807, 2.05) is 0 Å². The summed E-state index contributed by atoms with van der Waals surface area (Å²) < 4.78 is 51.4. The number of rotatable bonds is 1. The largest absolute Gasteiger partial charge is 0.259 e. The molecule has 78 valence electrons. The van der Waals surface area contributed by atoms with Crippen molar-refractivity contribution in [1.82, 2.24) is 0 Å². The summed E-state index contributed by atoms with van der Waals surface area (Å²) in [4.78, 5) is 0. The van der Waals surface area contributed by atoms with Crippen LogP contribution in [0.2, 0.25) is 0 Å². The Hall–Kier alpha value is -0.280. The quantitative estimate of drug-likeness (QED) is 0.563. The Morgan fingerprint density at radius 2 is 1.85 bits per heavy atom. The Morgan fingerprint density at radius 3 is 2.23 bits per heavy atom. The van der Waals surface area contributed by atoms with E-state index < -0.39 is 24.2 Å². The van der Waals surface area contributed by atoms with Crippen LogP contribution in [-0.2, 0) is 0 Å². The third-order valence-corrected chi connectivity index (χ3v) is 3.08. The van der Waals surface area contributed by atoms with Gasteiger partial charge in [0.2, 0.25) is 6.43 Å². The fourth-order valence-corrected chi connectivity index (χ4v) is 1.77. The van der Waals surface area contributed by atoms with Crippen LogP contribution < -0.4 is 0 Å². The Labute approximate surface area is 75.3 Å². The molecule has 0 spiro atoms. The van der Waals surface area contributed by atoms with E-state index in [1.165, 1.54) is 0 Å². The van der Waals surface area contributed by atoms with Crippen LogP contribution in [0.1, 0.15) is 33.1 Å². The molecule has 0 aromatic carbocycles. The van der Waals surface area contributed by atoms with Gasteiger partial charge in [-0.05, 0) is 25.7 Å². The fraction of sp³-hybridized carbons (Fsp3) is 1.00. The van der Waals surface area contributed by atoms with Gasteiger partial charge in [-0.15, -0.1) is 0 Å². The zero-order chi connectivity index (χ0) is 10.3. The maximum Gasteiger partial charge on any atom is 0.259 e. The smallest absolute Gasteiger partial charge is 0.210 e. The van der Waals surface area contributed by atoms with Gasteiger partial charge in [0.25, 0.3) is 5.92 Å². The number of alkyl halides is 4. The third kappa shape index (κ3) is 1.67. The summed E-state index contributed by atoms with van der Waals surface area (Å²) in [6.07, 6.45) is -2.96. The zero-order valence-electron chi connectivity index (χ0n) is 7.79. The molecule has 0 aromatic heterocycles. The standard InChI is InChI=1S/C9H14F4/c1-6-3-4-8(2,7(10)11)9(12,13)5-6/h6-7H,3-5H2,1-2H3/t6-,8?/m1/s1. The molecule has 0 nitrogen and oxygen atoms in total. The van der Waals surface area contributed by atoms with E-state index in [2.05, 4.69) is 0 Å². The summed E-state index contributed by atoms with van der Waals surface area (Å²) >= 11 is 0. The molecule has 0 radical (unpaired) electrons. The topological polar surface area (TPSA) is 0 Å². The zero-order valence-corrected chi connectivity index (χ0v) is 7.79. The molecule has 0 aromatic rings. The van der Waals surface area contributed by atoms with Crippen molar-refractivity contribution in [3.8, 4) is 0 Å². The minimum Gasteiger partial charge on any atom is -0.210 e. The molecule has 0 saturated heterocycles. The van der Waals surface area contributed by atoms with Crippen molar-refractivity contribution in [1.29, 1.82) is 0 Å². The second-order valence-corrected chi connectivity index (χ2v) is 4.27. The summed E-state index contributed by atoms with van der Waals surface area (Å²) in [7, 11) is 0. The van der Waals surface area contributed by atoms with Crippen molar-refractivity contribution < 1.29 is 17.6 Å². The highest BCUT2D eigenvalue weighted by Gasteiger charge is 2.58. The van der Waals surface area contributed by atoms with Gasteiger partial charge in [0.1, 0.15) is 0 Å². The molecular weight excluding hydrogens is 184 g/mol. The third-order valence-electron chi connectivity index (χ3n) is 3.08. The van der Waals surface area contributed by atoms with Crippen LogP contribution in [-0.4, -0.2) is 12.3 Å². The van der Waals surface area contributed by atoms with Gasteiger partial charge in [0, 0.05) is 6.42 Å². The minimum atomic E-state index is -3.22. The van der Waals surface area contributed by atoms with Crippen LogP contribution in [0.15, 0.2) is 0 Å². The molecule has 1 aliphatic rings. The lowest BCUT2D eigenvalue weighted by molar-refractivity contribution is -0.207. The first kappa shape index (κ1) is 10.8. The number of hydrogen-bond donors (Lipinski definition) is 0. The van der Waals surface area contributed by atoms with E-state index in [0.29, 0.717) is 6.42 Å². The molecular formula is C9H14F4. The summed E-state index contributed by atoms with van der Waals surface area (Å²) in [5.41, 5.74) is -2.11. The highest BCUT2D eigenvalue weighted by atomic mass is 19.3. The first-order valence-corrected chi connectivity index (χ1v) is 4.45. The monoisotopic (exact) mass is 198 g/mol. The van der Waals surface area contributed by atoms with Crippen LogP contribution in [0.25, 0.3) is 0 Å². The van der Waals surface area contributed by atoms with Gasteiger partial charge in [-0.25, -0.2) is 17.6 Å². The molecule has 2 atom stereocenters. The van der Waals surface area contributed by atoms with E-state index in [0.717, 1.165) is 6.92 Å². The second-order valence-electron chi connectivity index (χ2n) is 4.27. The van der Waals surface area contributed by atoms with Gasteiger partial charge in [-0.1, -0.05) is 6.92 Å². The maximum absolute atomic E-state index is 13.3. The number of hydrogen-bond acceptors (Lipinski definition) is 0. The van der Waals surface area contributed by atoms with Crippen molar-refractivity contribution in [3.05, 3.63) is 0 Å². The van der Waals surface area contributed by atoms with Gasteiger partial charge in [-0.2, -0.15) is 0 Å². The molecule has 0 heterocycles. The van der Waals surface area contributed by atoms with Crippen molar-refractivity contribution in [3.63, 3.8) is 0 Å². The molecule has 4 heteroatoms. The molecule has 0 aliphatic heterocycles. The first-order valence-electron chi connectivity index (χ1n) is 4.45. The SMILES string of the molecule is C[C@@H]1CCC(C)(C(F)F)C(F)(F)C1. The van der Waals surface area contributed by atoms with E-state index in [-0.39, 0.29) is 12.3 Å². The predicted octanol–water partition coefficient (Wildman–Crippen LogP) is 3.71. The van der Waals surface area contributed by atoms with Crippen molar-refractivity contribution in [2.45, 2.75) is 45.5 Å². The number of halogens is 4. The maximum atomic E-state index is 13.3. The van der Waals surface area contributed by atoms with Gasteiger partial charge in [0.05, 0.1) is 5.41 Å². The Balaban J connectivity index is 2.86. The van der Waals surface area contributed by atoms with Crippen LogP contribution >= 0.6 is 0 Å². The second kappa shape index (κ2) is 3.14. The lowest BCUT2D eigenvalue weighted by Crippen LogP contribution is -2.48. The molecule has 0 bridgehead atoms. The van der Waals surface area contributed by atoms with Crippen LogP contribution in [0.3, 0.4) is 0 Å². The Morgan fingerprint density at radius 1 is 1.31 bits per heavy atom. The first-order chi connectivity index (χ1) is 5.79. The van der Waals surface area contributed by atoms with Crippen molar-refractivity contribution in [2.24, 2.45) is 11.3 Å². The van der Waals surface area contributed by atoms with Crippen LogP contribution in [0, 0.1) is 11.3 Å². The van der Waals surface area contributed by atoms with Crippen LogP contribution in [0.5, 0.6) is 0 Å². The summed E-state index contributed by atoms with van der Waals surface area (Å²) in [5, 5.41) is 0. The summed E-state index contributed by atoms with van der Waals surface area (Å²) in [6.45, 7) is 2.67. The van der Waals surface area contributed by atoms with Crippen molar-refractivity contribution >= 4 is 0 Å². The van der Waals surface area contributed by atoms with Gasteiger partial charge in [-0.3, -0.25) is 0 Å². The highest BCUT2D eigenvalue weighted by Crippen LogP contribution is 2.52. The molecule has 1 fully saturated rings. The molecule has 1 rings (SSSR count). The van der Waals surface area contributed by atoms with Gasteiger partial charge < -0.3 is 0 Å². The fourth-order valence-electron chi connectivity index (χ4n) is 1.77. The normalized spacial score (nSPS) is 39.5. The molecule has 1 unspecified atom stereocenters.